The first-order valence-electron chi connectivity index (χ1n) is 9.72. The van der Waals surface area contributed by atoms with E-state index in [4.69, 9.17) is 13.9 Å². The van der Waals surface area contributed by atoms with Crippen LogP contribution in [0.25, 0.3) is 11.0 Å². The Kier molecular flexibility index (Phi) is 5.54. The van der Waals surface area contributed by atoms with Crippen molar-refractivity contribution in [3.05, 3.63) is 100 Å². The normalized spacial score (nSPS) is 11.0. The predicted molar refractivity (Wildman–Crippen MR) is 114 cm³/mol. The van der Waals surface area contributed by atoms with Crippen LogP contribution in [0.5, 0.6) is 17.2 Å². The van der Waals surface area contributed by atoms with Crippen molar-refractivity contribution in [2.75, 3.05) is 0 Å². The smallest absolute Gasteiger partial charge is 0.343 e. The van der Waals surface area contributed by atoms with Crippen molar-refractivity contribution in [2.45, 2.75) is 19.8 Å². The molecule has 5 nitrogen and oxygen atoms in total. The van der Waals surface area contributed by atoms with Crippen LogP contribution in [0.2, 0.25) is 0 Å². The molecule has 0 bridgehead atoms. The van der Waals surface area contributed by atoms with Crippen LogP contribution in [0.4, 0.5) is 4.39 Å². The molecule has 0 aliphatic carbocycles. The summed E-state index contributed by atoms with van der Waals surface area (Å²) in [6.45, 7) is 4.08. The van der Waals surface area contributed by atoms with E-state index < -0.39 is 11.8 Å². The van der Waals surface area contributed by atoms with Gasteiger partial charge in [0.05, 0.1) is 10.9 Å². The number of carbonyl (C=O) groups is 1. The van der Waals surface area contributed by atoms with E-state index in [1.807, 2.05) is 32.0 Å². The summed E-state index contributed by atoms with van der Waals surface area (Å²) in [6.07, 6.45) is 1.24. The Morgan fingerprint density at radius 2 is 1.77 bits per heavy atom. The second kappa shape index (κ2) is 8.44. The lowest BCUT2D eigenvalue weighted by atomic mass is 10.0. The maximum absolute atomic E-state index is 13.3. The molecule has 3 aromatic carbocycles. The number of para-hydroxylation sites is 1. The van der Waals surface area contributed by atoms with Gasteiger partial charge in [-0.15, -0.1) is 0 Å². The predicted octanol–water partition coefficient (Wildman–Crippen LogP) is 6.07. The first-order valence-corrected chi connectivity index (χ1v) is 9.72. The Hall–Kier alpha value is -3.93. The van der Waals surface area contributed by atoms with Gasteiger partial charge in [0.15, 0.2) is 0 Å². The van der Waals surface area contributed by atoms with Crippen molar-refractivity contribution in [3.63, 3.8) is 0 Å². The summed E-state index contributed by atoms with van der Waals surface area (Å²) in [5, 5.41) is 0.282. The highest BCUT2D eigenvalue weighted by Crippen LogP contribution is 2.30. The van der Waals surface area contributed by atoms with E-state index in [0.717, 1.165) is 11.6 Å². The molecule has 0 atom stereocenters. The molecule has 0 fully saturated rings. The summed E-state index contributed by atoms with van der Waals surface area (Å²) in [7, 11) is 0. The number of esters is 1. The fourth-order valence-corrected chi connectivity index (χ4v) is 3.18. The maximum atomic E-state index is 13.3. The molecule has 0 radical (unpaired) electrons. The van der Waals surface area contributed by atoms with Crippen LogP contribution in [0.15, 0.2) is 82.2 Å². The Labute approximate surface area is 177 Å². The van der Waals surface area contributed by atoms with Gasteiger partial charge < -0.3 is 13.9 Å². The summed E-state index contributed by atoms with van der Waals surface area (Å²) < 4.78 is 30.0. The van der Waals surface area contributed by atoms with Crippen molar-refractivity contribution < 1.29 is 23.1 Å². The van der Waals surface area contributed by atoms with Crippen molar-refractivity contribution in [1.29, 1.82) is 0 Å². The van der Waals surface area contributed by atoms with Gasteiger partial charge in [-0.05, 0) is 47.9 Å². The molecule has 0 saturated carbocycles. The van der Waals surface area contributed by atoms with Gasteiger partial charge in [-0.2, -0.15) is 0 Å². The monoisotopic (exact) mass is 418 g/mol. The van der Waals surface area contributed by atoms with Crippen LogP contribution < -0.4 is 14.9 Å². The summed E-state index contributed by atoms with van der Waals surface area (Å²) in [5.41, 5.74) is 0.942. The van der Waals surface area contributed by atoms with Crippen LogP contribution in [-0.2, 0) is 0 Å². The lowest BCUT2D eigenvalue weighted by molar-refractivity contribution is 0.0734. The first-order chi connectivity index (χ1) is 14.9. The zero-order chi connectivity index (χ0) is 22.0. The third-order valence-corrected chi connectivity index (χ3v) is 4.75. The van der Waals surface area contributed by atoms with Gasteiger partial charge in [-0.25, -0.2) is 9.18 Å². The molecule has 1 aromatic heterocycles. The molecule has 0 N–H and O–H groups in total. The lowest BCUT2D eigenvalue weighted by Gasteiger charge is -2.13. The summed E-state index contributed by atoms with van der Waals surface area (Å²) >= 11 is 0. The number of hydrogen-bond donors (Lipinski definition) is 0. The van der Waals surface area contributed by atoms with Crippen LogP contribution in [0.3, 0.4) is 0 Å². The van der Waals surface area contributed by atoms with E-state index in [1.54, 1.807) is 6.07 Å². The number of carbonyl (C=O) groups excluding carboxylic acids is 1. The molecule has 0 amide bonds. The SMILES string of the molecule is CC(C)c1ccccc1Oc1coc2cc(OC(=O)c3cccc(F)c3)ccc2c1=O. The molecule has 156 valence electrons. The number of ether oxygens (including phenoxy) is 2. The Morgan fingerprint density at radius 1 is 0.968 bits per heavy atom. The topological polar surface area (TPSA) is 65.7 Å². The molecule has 4 aromatic rings. The minimum Gasteiger partial charge on any atom is -0.460 e. The second-order valence-corrected chi connectivity index (χ2v) is 7.28. The van der Waals surface area contributed by atoms with E-state index in [9.17, 15) is 14.0 Å². The van der Waals surface area contributed by atoms with E-state index in [0.29, 0.717) is 5.75 Å². The Balaban J connectivity index is 1.61. The van der Waals surface area contributed by atoms with Crippen molar-refractivity contribution in [1.82, 2.24) is 0 Å². The second-order valence-electron chi connectivity index (χ2n) is 7.28. The number of halogens is 1. The van der Waals surface area contributed by atoms with E-state index in [2.05, 4.69) is 0 Å². The molecule has 0 spiro atoms. The average molecular weight is 418 g/mol. The highest BCUT2D eigenvalue weighted by Gasteiger charge is 2.15. The summed E-state index contributed by atoms with van der Waals surface area (Å²) in [6, 6.07) is 17.1. The third kappa shape index (κ3) is 4.33. The molecule has 1 heterocycles. The average Bonchev–Trinajstić information content (AvgIpc) is 2.76. The van der Waals surface area contributed by atoms with Crippen LogP contribution in [-0.4, -0.2) is 5.97 Å². The Morgan fingerprint density at radius 3 is 2.55 bits per heavy atom. The highest BCUT2D eigenvalue weighted by atomic mass is 19.1. The van der Waals surface area contributed by atoms with Crippen LogP contribution >= 0.6 is 0 Å². The van der Waals surface area contributed by atoms with E-state index >= 15 is 0 Å². The third-order valence-electron chi connectivity index (χ3n) is 4.75. The molecule has 0 unspecified atom stereocenters. The lowest BCUT2D eigenvalue weighted by Crippen LogP contribution is -2.09. The van der Waals surface area contributed by atoms with Gasteiger partial charge in [0.1, 0.15) is 29.2 Å². The maximum Gasteiger partial charge on any atom is 0.343 e. The minimum atomic E-state index is -0.716. The zero-order valence-corrected chi connectivity index (χ0v) is 16.9. The van der Waals surface area contributed by atoms with E-state index in [-0.39, 0.29) is 39.4 Å². The van der Waals surface area contributed by atoms with Gasteiger partial charge in [-0.1, -0.05) is 38.1 Å². The quantitative estimate of drug-likeness (QED) is 0.291. The molecule has 31 heavy (non-hydrogen) atoms. The first kappa shape index (κ1) is 20.3. The fourth-order valence-electron chi connectivity index (χ4n) is 3.18. The molecule has 0 aliphatic rings. The van der Waals surface area contributed by atoms with Gasteiger partial charge in [-0.3, -0.25) is 4.79 Å². The fraction of sp³-hybridized carbons (Fsp3) is 0.120. The van der Waals surface area contributed by atoms with Crippen molar-refractivity contribution in [3.8, 4) is 17.2 Å². The molecular weight excluding hydrogens is 399 g/mol. The number of rotatable bonds is 5. The van der Waals surface area contributed by atoms with Gasteiger partial charge >= 0.3 is 5.97 Å². The largest absolute Gasteiger partial charge is 0.460 e. The zero-order valence-electron chi connectivity index (χ0n) is 16.9. The van der Waals surface area contributed by atoms with E-state index in [1.165, 1.54) is 42.7 Å². The summed E-state index contributed by atoms with van der Waals surface area (Å²) in [4.78, 5) is 25.1. The van der Waals surface area contributed by atoms with Crippen molar-refractivity contribution in [2.24, 2.45) is 0 Å². The molecule has 0 saturated heterocycles. The molecule has 0 aliphatic heterocycles. The molecule has 4 rings (SSSR count). The van der Waals surface area contributed by atoms with Gasteiger partial charge in [0.25, 0.3) is 0 Å². The Bertz CT molecular complexity index is 1320. The molecular formula is C25H19FO5. The van der Waals surface area contributed by atoms with Crippen LogP contribution in [0.1, 0.15) is 35.7 Å². The number of hydrogen-bond acceptors (Lipinski definition) is 5. The number of benzene rings is 3. The van der Waals surface area contributed by atoms with Crippen molar-refractivity contribution >= 4 is 16.9 Å². The number of fused-ring (bicyclic) bond motifs is 1. The van der Waals surface area contributed by atoms with Gasteiger partial charge in [0.2, 0.25) is 11.2 Å². The van der Waals surface area contributed by atoms with Gasteiger partial charge in [0, 0.05) is 6.07 Å². The van der Waals surface area contributed by atoms with Crippen LogP contribution in [0, 0.1) is 5.82 Å². The standard InChI is InChI=1S/C25H19FO5/c1-15(2)19-8-3-4-9-21(19)31-23-14-29-22-13-18(10-11-20(22)24(23)27)30-25(28)16-6-5-7-17(26)12-16/h3-15H,1-2H3. The molecule has 6 heteroatoms. The summed E-state index contributed by atoms with van der Waals surface area (Å²) in [5.74, 6) is -0.213. The highest BCUT2D eigenvalue weighted by molar-refractivity contribution is 5.91. The minimum absolute atomic E-state index is 0.0603.